The van der Waals surface area contributed by atoms with Crippen LogP contribution >= 0.6 is 22.6 Å². The molecule has 3 nitrogen and oxygen atoms in total. The second kappa shape index (κ2) is 6.66. The molecule has 3 aromatic rings. The molecular weight excluding hydrogens is 413 g/mol. The highest BCUT2D eigenvalue weighted by Crippen LogP contribution is 2.19. The molecule has 118 valence electrons. The van der Waals surface area contributed by atoms with Gasteiger partial charge in [-0.15, -0.1) is 0 Å². The van der Waals surface area contributed by atoms with E-state index in [9.17, 15) is 13.6 Å². The minimum atomic E-state index is -0.436. The third-order valence-corrected chi connectivity index (χ3v) is 4.52. The predicted octanol–water partition coefficient (Wildman–Crippen LogP) is 4.02. The number of nitrogens with one attached hydrogen (secondary N) is 2. The van der Waals surface area contributed by atoms with Crippen LogP contribution in [0.25, 0.3) is 10.9 Å². The van der Waals surface area contributed by atoms with E-state index in [1.54, 1.807) is 12.1 Å². The monoisotopic (exact) mass is 426 g/mol. The first kappa shape index (κ1) is 15.9. The van der Waals surface area contributed by atoms with Crippen molar-refractivity contribution in [1.82, 2.24) is 10.3 Å². The summed E-state index contributed by atoms with van der Waals surface area (Å²) < 4.78 is 27.1. The number of H-pyrrole nitrogens is 1. The predicted molar refractivity (Wildman–Crippen MR) is 93.4 cm³/mol. The minimum Gasteiger partial charge on any atom is -0.361 e. The Morgan fingerprint density at radius 3 is 2.70 bits per heavy atom. The number of fused-ring (bicyclic) bond motifs is 1. The van der Waals surface area contributed by atoms with Gasteiger partial charge in [0.05, 0.1) is 5.56 Å². The molecule has 0 aliphatic heterocycles. The zero-order valence-electron chi connectivity index (χ0n) is 12.0. The van der Waals surface area contributed by atoms with Crippen LogP contribution in [-0.2, 0) is 6.42 Å². The molecule has 0 atom stereocenters. The quantitative estimate of drug-likeness (QED) is 0.609. The minimum absolute atomic E-state index is 0.292. The lowest BCUT2D eigenvalue weighted by Crippen LogP contribution is -2.26. The van der Waals surface area contributed by atoms with Gasteiger partial charge in [0.2, 0.25) is 0 Å². The van der Waals surface area contributed by atoms with Crippen molar-refractivity contribution >= 4 is 39.4 Å². The summed E-state index contributed by atoms with van der Waals surface area (Å²) in [5, 5.41) is 3.71. The van der Waals surface area contributed by atoms with Crippen molar-refractivity contribution < 1.29 is 13.6 Å². The molecule has 0 unspecified atom stereocenters. The molecule has 2 N–H and O–H groups in total. The fraction of sp³-hybridized carbons (Fsp3) is 0.118. The Morgan fingerprint density at radius 2 is 1.87 bits per heavy atom. The van der Waals surface area contributed by atoms with E-state index in [1.807, 2.05) is 28.8 Å². The van der Waals surface area contributed by atoms with E-state index in [0.29, 0.717) is 22.1 Å². The molecule has 0 saturated heterocycles. The molecule has 1 aromatic heterocycles. The average Bonchev–Trinajstić information content (AvgIpc) is 2.91. The third kappa shape index (κ3) is 3.52. The number of aromatic amines is 1. The van der Waals surface area contributed by atoms with Crippen molar-refractivity contribution in [2.24, 2.45) is 0 Å². The Labute approximate surface area is 145 Å². The zero-order chi connectivity index (χ0) is 16.4. The molecule has 3 rings (SSSR count). The van der Waals surface area contributed by atoms with Gasteiger partial charge in [-0.3, -0.25) is 4.79 Å². The molecule has 1 amide bonds. The Hall–Kier alpha value is -1.96. The Bertz CT molecular complexity index is 876. The summed E-state index contributed by atoms with van der Waals surface area (Å²) in [6.45, 7) is 0.412. The fourth-order valence-electron chi connectivity index (χ4n) is 2.44. The lowest BCUT2D eigenvalue weighted by Gasteiger charge is -2.07. The summed E-state index contributed by atoms with van der Waals surface area (Å²) in [5.74, 6) is -1.03. The molecule has 6 heteroatoms. The molecule has 2 aromatic carbocycles. The van der Waals surface area contributed by atoms with Crippen LogP contribution in [0.15, 0.2) is 42.6 Å². The van der Waals surface area contributed by atoms with Gasteiger partial charge in [-0.1, -0.05) is 0 Å². The van der Waals surface area contributed by atoms with E-state index in [-0.39, 0.29) is 11.7 Å². The summed E-state index contributed by atoms with van der Waals surface area (Å²) in [6, 6.07) is 8.68. The van der Waals surface area contributed by atoms with Crippen LogP contribution < -0.4 is 5.32 Å². The molecule has 0 bridgehead atoms. The SMILES string of the molecule is O=C(NCCc1c[nH]c2cc(F)ccc12)c1cc(F)ccc1I. The summed E-state index contributed by atoms with van der Waals surface area (Å²) in [5.41, 5.74) is 2.05. The van der Waals surface area contributed by atoms with Gasteiger partial charge in [0.25, 0.3) is 5.91 Å². The highest BCUT2D eigenvalue weighted by Gasteiger charge is 2.11. The Balaban J connectivity index is 1.66. The lowest BCUT2D eigenvalue weighted by atomic mass is 10.1. The Kier molecular flexibility index (Phi) is 4.61. The van der Waals surface area contributed by atoms with E-state index in [2.05, 4.69) is 10.3 Å². The summed E-state index contributed by atoms with van der Waals surface area (Å²) >= 11 is 2.00. The molecule has 0 spiro atoms. The maximum Gasteiger partial charge on any atom is 0.252 e. The standard InChI is InChI=1S/C17H13F2IN2O/c18-11-2-4-15(20)14(7-11)17(23)21-6-5-10-9-22-16-8-12(19)1-3-13(10)16/h1-4,7-9,22H,5-6H2,(H,21,23). The van der Waals surface area contributed by atoms with Crippen molar-refractivity contribution in [3.8, 4) is 0 Å². The molecule has 0 fully saturated rings. The van der Waals surface area contributed by atoms with E-state index < -0.39 is 5.82 Å². The van der Waals surface area contributed by atoms with Crippen LogP contribution in [0.4, 0.5) is 8.78 Å². The number of benzene rings is 2. The summed E-state index contributed by atoms with van der Waals surface area (Å²) in [7, 11) is 0. The smallest absolute Gasteiger partial charge is 0.252 e. The molecular formula is C17H13F2IN2O. The van der Waals surface area contributed by atoms with Gasteiger partial charge in [-0.2, -0.15) is 0 Å². The first-order chi connectivity index (χ1) is 11.0. The van der Waals surface area contributed by atoms with E-state index in [0.717, 1.165) is 16.5 Å². The van der Waals surface area contributed by atoms with Gasteiger partial charge in [0.15, 0.2) is 0 Å². The van der Waals surface area contributed by atoms with Crippen molar-refractivity contribution in [3.63, 3.8) is 0 Å². The lowest BCUT2D eigenvalue weighted by molar-refractivity contribution is 0.0953. The molecule has 0 radical (unpaired) electrons. The van der Waals surface area contributed by atoms with E-state index >= 15 is 0 Å². The number of rotatable bonds is 4. The second-order valence-corrected chi connectivity index (χ2v) is 6.30. The second-order valence-electron chi connectivity index (χ2n) is 5.13. The van der Waals surface area contributed by atoms with Gasteiger partial charge >= 0.3 is 0 Å². The van der Waals surface area contributed by atoms with Crippen molar-refractivity contribution in [1.29, 1.82) is 0 Å². The number of hydrogen-bond donors (Lipinski definition) is 2. The van der Waals surface area contributed by atoms with Gasteiger partial charge in [-0.05, 0) is 71.0 Å². The highest BCUT2D eigenvalue weighted by atomic mass is 127. The fourth-order valence-corrected chi connectivity index (χ4v) is 3.02. The van der Waals surface area contributed by atoms with Crippen LogP contribution in [0.3, 0.4) is 0 Å². The van der Waals surface area contributed by atoms with Gasteiger partial charge in [0.1, 0.15) is 11.6 Å². The first-order valence-corrected chi connectivity index (χ1v) is 8.11. The van der Waals surface area contributed by atoms with Crippen LogP contribution in [0, 0.1) is 15.2 Å². The number of aromatic nitrogens is 1. The number of carbonyl (C=O) groups is 1. The van der Waals surface area contributed by atoms with Gasteiger partial charge in [0, 0.05) is 27.2 Å². The molecule has 23 heavy (non-hydrogen) atoms. The normalized spacial score (nSPS) is 10.9. The summed E-state index contributed by atoms with van der Waals surface area (Å²) in [6.07, 6.45) is 2.41. The average molecular weight is 426 g/mol. The number of hydrogen-bond acceptors (Lipinski definition) is 1. The first-order valence-electron chi connectivity index (χ1n) is 7.03. The molecule has 0 aliphatic rings. The van der Waals surface area contributed by atoms with Crippen molar-refractivity contribution in [2.45, 2.75) is 6.42 Å². The van der Waals surface area contributed by atoms with Gasteiger partial charge < -0.3 is 10.3 Å². The third-order valence-electron chi connectivity index (χ3n) is 3.58. The number of amides is 1. The number of halogens is 3. The van der Waals surface area contributed by atoms with E-state index in [4.69, 9.17) is 0 Å². The van der Waals surface area contributed by atoms with Crippen LogP contribution in [0.5, 0.6) is 0 Å². The Morgan fingerprint density at radius 1 is 1.13 bits per heavy atom. The van der Waals surface area contributed by atoms with Crippen molar-refractivity contribution in [2.75, 3.05) is 6.54 Å². The maximum absolute atomic E-state index is 13.2. The van der Waals surface area contributed by atoms with Crippen LogP contribution in [-0.4, -0.2) is 17.4 Å². The largest absolute Gasteiger partial charge is 0.361 e. The van der Waals surface area contributed by atoms with E-state index in [1.165, 1.54) is 24.3 Å². The number of carbonyl (C=O) groups excluding carboxylic acids is 1. The van der Waals surface area contributed by atoms with Gasteiger partial charge in [-0.25, -0.2) is 8.78 Å². The van der Waals surface area contributed by atoms with Crippen molar-refractivity contribution in [3.05, 3.63) is 68.9 Å². The molecule has 0 aliphatic carbocycles. The zero-order valence-corrected chi connectivity index (χ0v) is 14.2. The van der Waals surface area contributed by atoms with Crippen LogP contribution in [0.2, 0.25) is 0 Å². The highest BCUT2D eigenvalue weighted by molar-refractivity contribution is 14.1. The topological polar surface area (TPSA) is 44.9 Å². The van der Waals surface area contributed by atoms with Crippen LogP contribution in [0.1, 0.15) is 15.9 Å². The summed E-state index contributed by atoms with van der Waals surface area (Å²) in [4.78, 5) is 15.1. The maximum atomic E-state index is 13.2. The molecule has 1 heterocycles. The molecule has 0 saturated carbocycles.